The van der Waals surface area contributed by atoms with E-state index >= 15 is 0 Å². The highest BCUT2D eigenvalue weighted by Crippen LogP contribution is 2.40. The van der Waals surface area contributed by atoms with Crippen molar-refractivity contribution >= 4 is 29.0 Å². The molecule has 1 atom stereocenters. The molecule has 2 aromatic carbocycles. The van der Waals surface area contributed by atoms with E-state index < -0.39 is 0 Å². The number of aromatic nitrogens is 6. The molecule has 35 heavy (non-hydrogen) atoms. The Morgan fingerprint density at radius 2 is 2.00 bits per heavy atom. The molecule has 3 aromatic heterocycles. The smallest absolute Gasteiger partial charge is 0.226 e. The van der Waals surface area contributed by atoms with Crippen LogP contribution in [0, 0.1) is 6.92 Å². The van der Waals surface area contributed by atoms with Crippen LogP contribution in [0.2, 0.25) is 5.02 Å². The van der Waals surface area contributed by atoms with Gasteiger partial charge in [0.05, 0.1) is 5.69 Å². The first-order valence-electron chi connectivity index (χ1n) is 11.1. The van der Waals surface area contributed by atoms with Gasteiger partial charge in [-0.2, -0.15) is 14.3 Å². The summed E-state index contributed by atoms with van der Waals surface area (Å²) in [5, 5.41) is 20.8. The molecule has 0 radical (unpaired) electrons. The van der Waals surface area contributed by atoms with Crippen molar-refractivity contribution in [1.29, 1.82) is 0 Å². The second kappa shape index (κ2) is 8.52. The second-order valence-corrected chi connectivity index (χ2v) is 8.75. The maximum atomic E-state index is 12.8. The van der Waals surface area contributed by atoms with Gasteiger partial charge in [0.25, 0.3) is 0 Å². The van der Waals surface area contributed by atoms with Crippen LogP contribution in [0.4, 0.5) is 5.82 Å². The molecule has 0 saturated heterocycles. The number of anilines is 1. The van der Waals surface area contributed by atoms with Crippen LogP contribution in [0.3, 0.4) is 0 Å². The van der Waals surface area contributed by atoms with Crippen molar-refractivity contribution in [2.75, 3.05) is 5.32 Å². The Hall–Kier alpha value is -4.24. The van der Waals surface area contributed by atoms with E-state index in [9.17, 15) is 4.79 Å². The maximum Gasteiger partial charge on any atom is 0.226 e. The number of rotatable bonds is 5. The summed E-state index contributed by atoms with van der Waals surface area (Å²) in [6.45, 7) is 2.29. The molecule has 0 bridgehead atoms. The number of fused-ring (bicyclic) bond motifs is 2. The molecule has 174 valence electrons. The molecule has 4 heterocycles. The predicted molar refractivity (Wildman–Crippen MR) is 130 cm³/mol. The number of amides is 1. The van der Waals surface area contributed by atoms with E-state index in [0.717, 1.165) is 22.4 Å². The second-order valence-electron chi connectivity index (χ2n) is 8.34. The number of carbonyl (C=O) groups excluding carboxylic acids is 1. The zero-order chi connectivity index (χ0) is 23.9. The summed E-state index contributed by atoms with van der Waals surface area (Å²) < 4.78 is 9.26. The number of benzene rings is 2. The number of ether oxygens (including phenoxy) is 1. The fraction of sp³-hybridized carbons (Fsp3) is 0.160. The minimum Gasteiger partial charge on any atom is -0.489 e. The van der Waals surface area contributed by atoms with E-state index in [2.05, 4.69) is 20.6 Å². The molecule has 1 aliphatic rings. The van der Waals surface area contributed by atoms with Crippen molar-refractivity contribution in [3.63, 3.8) is 0 Å². The normalized spacial score (nSPS) is 15.1. The highest BCUT2D eigenvalue weighted by atomic mass is 35.5. The van der Waals surface area contributed by atoms with Gasteiger partial charge in [0, 0.05) is 28.5 Å². The van der Waals surface area contributed by atoms with Gasteiger partial charge in [-0.3, -0.25) is 4.79 Å². The fourth-order valence-corrected chi connectivity index (χ4v) is 4.62. The number of nitrogens with zero attached hydrogens (tertiary/aromatic N) is 6. The quantitative estimate of drug-likeness (QED) is 0.398. The zero-order valence-electron chi connectivity index (χ0n) is 18.7. The van der Waals surface area contributed by atoms with Crippen LogP contribution < -0.4 is 10.1 Å². The third-order valence-corrected chi connectivity index (χ3v) is 6.45. The number of hydrogen-bond acceptors (Lipinski definition) is 6. The Labute approximate surface area is 205 Å². The average molecular weight is 486 g/mol. The first-order chi connectivity index (χ1) is 17.1. The zero-order valence-corrected chi connectivity index (χ0v) is 19.5. The summed E-state index contributed by atoms with van der Waals surface area (Å²) in [5.41, 5.74) is 4.29. The minimum absolute atomic E-state index is 0.0867. The molecular formula is C25H20ClN7O2. The Morgan fingerprint density at radius 1 is 1.11 bits per heavy atom. The van der Waals surface area contributed by atoms with Gasteiger partial charge < -0.3 is 10.1 Å². The van der Waals surface area contributed by atoms with Crippen LogP contribution in [0.15, 0.2) is 67.0 Å². The number of hydrogen-bond donors (Lipinski definition) is 1. The van der Waals surface area contributed by atoms with Crippen molar-refractivity contribution in [3.05, 3.63) is 94.4 Å². The van der Waals surface area contributed by atoms with Gasteiger partial charge in [0.2, 0.25) is 5.91 Å². The van der Waals surface area contributed by atoms with Crippen molar-refractivity contribution in [1.82, 2.24) is 29.6 Å². The molecule has 6 rings (SSSR count). The molecule has 0 aliphatic carbocycles. The lowest BCUT2D eigenvalue weighted by Gasteiger charge is -2.24. The van der Waals surface area contributed by atoms with Crippen LogP contribution in [-0.4, -0.2) is 35.5 Å². The molecule has 0 saturated carbocycles. The molecule has 1 N–H and O–H groups in total. The number of carbonyl (C=O) groups is 1. The monoisotopic (exact) mass is 485 g/mol. The Balaban J connectivity index is 1.35. The van der Waals surface area contributed by atoms with Gasteiger partial charge in [0.1, 0.15) is 24.5 Å². The van der Waals surface area contributed by atoms with Crippen LogP contribution in [0.1, 0.15) is 34.7 Å². The predicted octanol–water partition coefficient (Wildman–Crippen LogP) is 4.32. The third-order valence-electron chi connectivity index (χ3n) is 6.08. The minimum atomic E-state index is -0.171. The molecule has 1 aliphatic heterocycles. The van der Waals surface area contributed by atoms with Gasteiger partial charge in [-0.25, -0.2) is 0 Å². The Kier molecular flexibility index (Phi) is 5.18. The van der Waals surface area contributed by atoms with E-state index in [1.54, 1.807) is 21.3 Å². The summed E-state index contributed by atoms with van der Waals surface area (Å²) in [7, 11) is 0. The molecule has 1 amide bonds. The van der Waals surface area contributed by atoms with Crippen molar-refractivity contribution in [2.45, 2.75) is 25.9 Å². The van der Waals surface area contributed by atoms with Gasteiger partial charge in [0.15, 0.2) is 11.5 Å². The van der Waals surface area contributed by atoms with Crippen LogP contribution in [0.5, 0.6) is 5.75 Å². The summed E-state index contributed by atoms with van der Waals surface area (Å²) in [6, 6.07) is 19.0. The largest absolute Gasteiger partial charge is 0.489 e. The summed E-state index contributed by atoms with van der Waals surface area (Å²) in [5.74, 6) is 1.62. The van der Waals surface area contributed by atoms with E-state index in [-0.39, 0.29) is 11.8 Å². The number of nitrogens with one attached hydrogen (secondary N) is 1. The summed E-state index contributed by atoms with van der Waals surface area (Å²) in [6.07, 6.45) is 1.84. The molecule has 9 nitrogen and oxygen atoms in total. The van der Waals surface area contributed by atoms with Gasteiger partial charge in [-0.1, -0.05) is 41.9 Å². The van der Waals surface area contributed by atoms with Crippen molar-refractivity contribution in [3.8, 4) is 11.6 Å². The topological polar surface area (TPSA) is 99.2 Å². The van der Waals surface area contributed by atoms with Crippen LogP contribution in [0.25, 0.3) is 11.5 Å². The SMILES string of the molecule is Cc1nn(-c2ccc3nncn3n2)c2c1C(c1cccc(OCc3ccccc3Cl)c1)CC(=O)N2. The van der Waals surface area contributed by atoms with Gasteiger partial charge in [-0.15, -0.1) is 15.3 Å². The van der Waals surface area contributed by atoms with E-state index in [4.69, 9.17) is 21.4 Å². The fourth-order valence-electron chi connectivity index (χ4n) is 4.43. The Bertz CT molecular complexity index is 1580. The average Bonchev–Trinajstić information content (AvgIpc) is 3.47. The van der Waals surface area contributed by atoms with Gasteiger partial charge >= 0.3 is 0 Å². The van der Waals surface area contributed by atoms with Gasteiger partial charge in [-0.05, 0) is 42.8 Å². The maximum absolute atomic E-state index is 12.8. The summed E-state index contributed by atoms with van der Waals surface area (Å²) in [4.78, 5) is 12.8. The Morgan fingerprint density at radius 3 is 2.89 bits per heavy atom. The summed E-state index contributed by atoms with van der Waals surface area (Å²) >= 11 is 6.26. The van der Waals surface area contributed by atoms with E-state index in [1.165, 1.54) is 6.33 Å². The molecular weight excluding hydrogens is 466 g/mol. The van der Waals surface area contributed by atoms with Crippen molar-refractivity contribution in [2.24, 2.45) is 0 Å². The first-order valence-corrected chi connectivity index (χ1v) is 11.5. The molecule has 1 unspecified atom stereocenters. The molecule has 0 fully saturated rings. The van der Waals surface area contributed by atoms with Crippen LogP contribution in [-0.2, 0) is 11.4 Å². The highest BCUT2D eigenvalue weighted by Gasteiger charge is 2.33. The lowest BCUT2D eigenvalue weighted by atomic mass is 9.86. The lowest BCUT2D eigenvalue weighted by molar-refractivity contribution is -0.116. The first kappa shape index (κ1) is 21.3. The van der Waals surface area contributed by atoms with E-state index in [0.29, 0.717) is 41.1 Å². The number of halogens is 1. The van der Waals surface area contributed by atoms with E-state index in [1.807, 2.05) is 55.5 Å². The molecule has 5 aromatic rings. The van der Waals surface area contributed by atoms with Crippen molar-refractivity contribution < 1.29 is 9.53 Å². The van der Waals surface area contributed by atoms with Crippen LogP contribution >= 0.6 is 11.6 Å². The molecule has 10 heteroatoms. The lowest BCUT2D eigenvalue weighted by Crippen LogP contribution is -2.25. The highest BCUT2D eigenvalue weighted by molar-refractivity contribution is 6.31. The molecule has 0 spiro atoms. The number of aryl methyl sites for hydroxylation is 1. The third kappa shape index (κ3) is 3.89. The standard InChI is InChI=1S/C25H20ClN7O2/c1-15-24-19(16-6-4-7-18(11-16)35-13-17-5-2-3-8-20(17)26)12-23(34)28-25(24)33(30-15)22-10-9-21-29-27-14-32(21)31-22/h2-11,14,19H,12-13H2,1H3,(H,28,34).